The van der Waals surface area contributed by atoms with Crippen LogP contribution in [0, 0.1) is 11.3 Å². The van der Waals surface area contributed by atoms with Crippen LogP contribution in [0.2, 0.25) is 0 Å². The molecule has 1 aliphatic heterocycles. The third-order valence-corrected chi connectivity index (χ3v) is 7.89. The molecule has 10 nitrogen and oxygen atoms in total. The number of H-pyrrole nitrogens is 1. The molecule has 1 amide bonds. The zero-order valence-corrected chi connectivity index (χ0v) is 19.9. The van der Waals surface area contributed by atoms with Crippen LogP contribution in [0.3, 0.4) is 0 Å². The van der Waals surface area contributed by atoms with Crippen molar-refractivity contribution in [1.29, 1.82) is 5.26 Å². The number of aromatic amines is 1. The second-order valence-electron chi connectivity index (χ2n) is 8.64. The number of aryl methyl sites for hydroxylation is 1. The molecule has 3 N–H and O–H groups in total. The minimum atomic E-state index is -4.10. The van der Waals surface area contributed by atoms with Crippen LogP contribution in [0.25, 0.3) is 10.9 Å². The van der Waals surface area contributed by atoms with E-state index in [4.69, 9.17) is 0 Å². The summed E-state index contributed by atoms with van der Waals surface area (Å²) in [6, 6.07) is 10.3. The number of nitrogens with zero attached hydrogens (tertiary/aromatic N) is 3. The average Bonchev–Trinajstić information content (AvgIpc) is 3.50. The Balaban J connectivity index is 1.64. The number of carboxylic acids is 1. The lowest BCUT2D eigenvalue weighted by atomic mass is 9.98. The Labute approximate surface area is 203 Å². The number of hydrogen-bond donors (Lipinski definition) is 3. The summed E-state index contributed by atoms with van der Waals surface area (Å²) in [7, 11) is -4.10. The number of carbonyl (C=O) groups is 2. The summed E-state index contributed by atoms with van der Waals surface area (Å²) in [6.45, 7) is 0.607. The molecule has 11 heteroatoms. The van der Waals surface area contributed by atoms with Gasteiger partial charge in [-0.3, -0.25) is 9.59 Å². The van der Waals surface area contributed by atoms with Crippen molar-refractivity contribution in [2.45, 2.75) is 55.6 Å². The molecule has 1 aromatic carbocycles. The van der Waals surface area contributed by atoms with Gasteiger partial charge < -0.3 is 19.6 Å². The number of aliphatic carboxylic acids is 1. The Morgan fingerprint density at radius 1 is 1.23 bits per heavy atom. The molecule has 1 saturated heterocycles. The first-order valence-electron chi connectivity index (χ1n) is 11.5. The van der Waals surface area contributed by atoms with Crippen molar-refractivity contribution in [3.05, 3.63) is 54.5 Å². The van der Waals surface area contributed by atoms with Gasteiger partial charge in [0, 0.05) is 42.4 Å². The average molecular weight is 498 g/mol. The molecule has 0 aliphatic carbocycles. The summed E-state index contributed by atoms with van der Waals surface area (Å²) in [5.74, 6) is -1.46. The summed E-state index contributed by atoms with van der Waals surface area (Å²) in [4.78, 5) is 29.6. The maximum Gasteiger partial charge on any atom is 0.305 e. The van der Waals surface area contributed by atoms with E-state index < -0.39 is 34.0 Å². The lowest BCUT2D eigenvalue weighted by Crippen LogP contribution is -2.54. The second-order valence-corrected chi connectivity index (χ2v) is 10.3. The van der Waals surface area contributed by atoms with Gasteiger partial charge in [0.15, 0.2) is 0 Å². The topological polar surface area (TPSA) is 148 Å². The summed E-state index contributed by atoms with van der Waals surface area (Å²) in [5.41, 5.74) is 1.05. The minimum absolute atomic E-state index is 0.0495. The van der Waals surface area contributed by atoms with E-state index in [1.807, 2.05) is 0 Å². The number of aromatic nitrogens is 2. The number of piperidine rings is 1. The molecule has 1 aliphatic rings. The molecule has 1 fully saturated rings. The number of likely N-dealkylation sites (tertiary alicyclic amines) is 1. The number of carboxylic acid groups (broad SMARTS) is 1. The third kappa shape index (κ3) is 5.39. The molecular weight excluding hydrogens is 470 g/mol. The largest absolute Gasteiger partial charge is 0.481 e. The molecule has 0 bridgehead atoms. The van der Waals surface area contributed by atoms with E-state index in [1.165, 1.54) is 11.0 Å². The van der Waals surface area contributed by atoms with Gasteiger partial charge in [-0.1, -0.05) is 6.07 Å². The van der Waals surface area contributed by atoms with Crippen LogP contribution in [0.15, 0.2) is 53.7 Å². The van der Waals surface area contributed by atoms with Crippen molar-refractivity contribution in [2.24, 2.45) is 0 Å². The highest BCUT2D eigenvalue weighted by atomic mass is 32.2. The molecule has 2 atom stereocenters. The van der Waals surface area contributed by atoms with Crippen LogP contribution in [0.1, 0.15) is 37.8 Å². The molecule has 3 aromatic rings. The van der Waals surface area contributed by atoms with Crippen LogP contribution in [0.4, 0.5) is 0 Å². The number of rotatable bonds is 9. The number of nitriles is 1. The minimum Gasteiger partial charge on any atom is -0.481 e. The fourth-order valence-electron chi connectivity index (χ4n) is 4.66. The molecular formula is C24H27N5O5S. The van der Waals surface area contributed by atoms with E-state index in [0.717, 1.165) is 12.8 Å². The normalized spacial score (nSPS) is 17.2. The van der Waals surface area contributed by atoms with Crippen molar-refractivity contribution in [2.75, 3.05) is 6.54 Å². The van der Waals surface area contributed by atoms with Crippen molar-refractivity contribution in [3.63, 3.8) is 0 Å². The van der Waals surface area contributed by atoms with E-state index in [9.17, 15) is 28.4 Å². The van der Waals surface area contributed by atoms with E-state index >= 15 is 0 Å². The lowest BCUT2D eigenvalue weighted by molar-refractivity contribution is -0.142. The Morgan fingerprint density at radius 3 is 2.83 bits per heavy atom. The first-order chi connectivity index (χ1) is 16.8. The van der Waals surface area contributed by atoms with Crippen LogP contribution < -0.4 is 4.72 Å². The standard InChI is InChI=1S/C24H27N5O5S/c25-16-18-6-4-12-28(18)14-10-21(24(32)29-13-2-1-5-17(29)15-23(30)31)27-35(33,34)22-8-3-7-20-19(22)9-11-26-20/h3-4,6-9,11-12,17,21,26-27H,1-2,5,10,13-15H2,(H,30,31). The van der Waals surface area contributed by atoms with Crippen LogP contribution in [0.5, 0.6) is 0 Å². The molecule has 0 saturated carbocycles. The van der Waals surface area contributed by atoms with Gasteiger partial charge in [-0.2, -0.15) is 9.98 Å². The second kappa shape index (κ2) is 10.3. The number of benzene rings is 1. The van der Waals surface area contributed by atoms with Gasteiger partial charge in [0.25, 0.3) is 0 Å². The highest BCUT2D eigenvalue weighted by Gasteiger charge is 2.35. The van der Waals surface area contributed by atoms with Gasteiger partial charge in [0.1, 0.15) is 17.8 Å². The molecule has 2 unspecified atom stereocenters. The number of hydrogen-bond acceptors (Lipinski definition) is 5. The van der Waals surface area contributed by atoms with E-state index in [0.29, 0.717) is 29.6 Å². The molecule has 0 radical (unpaired) electrons. The Bertz CT molecular complexity index is 1370. The maximum absolute atomic E-state index is 13.7. The summed E-state index contributed by atoms with van der Waals surface area (Å²) in [5, 5.41) is 19.1. The first-order valence-corrected chi connectivity index (χ1v) is 12.9. The van der Waals surface area contributed by atoms with Crippen LogP contribution in [-0.2, 0) is 26.2 Å². The van der Waals surface area contributed by atoms with E-state index in [1.54, 1.807) is 47.3 Å². The van der Waals surface area contributed by atoms with Crippen LogP contribution >= 0.6 is 0 Å². The zero-order chi connectivity index (χ0) is 25.0. The van der Waals surface area contributed by atoms with E-state index in [2.05, 4.69) is 15.8 Å². The highest BCUT2D eigenvalue weighted by Crippen LogP contribution is 2.25. The molecule has 4 rings (SSSR count). The molecule has 35 heavy (non-hydrogen) atoms. The van der Waals surface area contributed by atoms with Gasteiger partial charge in [0.05, 0.1) is 11.3 Å². The number of fused-ring (bicyclic) bond motifs is 1. The molecule has 184 valence electrons. The van der Waals surface area contributed by atoms with Crippen molar-refractivity contribution in [1.82, 2.24) is 19.2 Å². The predicted molar refractivity (Wildman–Crippen MR) is 128 cm³/mol. The molecule has 0 spiro atoms. The third-order valence-electron chi connectivity index (χ3n) is 6.36. The Hall–Kier alpha value is -3.62. The maximum atomic E-state index is 13.7. The number of sulfonamides is 1. The SMILES string of the molecule is N#Cc1cccn1CCC(NS(=O)(=O)c1cccc2[nH]ccc12)C(=O)N1CCCCC1CC(=O)O. The van der Waals surface area contributed by atoms with Gasteiger partial charge in [-0.25, -0.2) is 8.42 Å². The quantitative estimate of drug-likeness (QED) is 0.413. The molecule has 2 aromatic heterocycles. The van der Waals surface area contributed by atoms with Crippen molar-refractivity contribution in [3.8, 4) is 6.07 Å². The van der Waals surface area contributed by atoms with Gasteiger partial charge in [-0.15, -0.1) is 0 Å². The van der Waals surface area contributed by atoms with Gasteiger partial charge in [0.2, 0.25) is 15.9 Å². The van der Waals surface area contributed by atoms with Gasteiger partial charge >= 0.3 is 5.97 Å². The summed E-state index contributed by atoms with van der Waals surface area (Å²) in [6.07, 6.45) is 5.33. The lowest BCUT2D eigenvalue weighted by Gasteiger charge is -2.37. The van der Waals surface area contributed by atoms with E-state index in [-0.39, 0.29) is 24.3 Å². The summed E-state index contributed by atoms with van der Waals surface area (Å²) >= 11 is 0. The first kappa shape index (κ1) is 24.5. The number of carbonyl (C=O) groups excluding carboxylic acids is 1. The Morgan fingerprint density at radius 2 is 2.06 bits per heavy atom. The van der Waals surface area contributed by atoms with Crippen molar-refractivity contribution >= 4 is 32.8 Å². The number of amides is 1. The Kier molecular flexibility index (Phi) is 7.23. The zero-order valence-electron chi connectivity index (χ0n) is 19.1. The summed E-state index contributed by atoms with van der Waals surface area (Å²) < 4.78 is 31.1. The molecule has 3 heterocycles. The fourth-order valence-corrected chi connectivity index (χ4v) is 6.10. The van der Waals surface area contributed by atoms with Crippen LogP contribution in [-0.4, -0.2) is 58.5 Å². The predicted octanol–water partition coefficient (Wildman–Crippen LogP) is 2.43. The fraction of sp³-hybridized carbons (Fsp3) is 0.375. The number of nitrogens with one attached hydrogen (secondary N) is 2. The highest BCUT2D eigenvalue weighted by molar-refractivity contribution is 7.89. The smallest absolute Gasteiger partial charge is 0.305 e. The monoisotopic (exact) mass is 497 g/mol. The van der Waals surface area contributed by atoms with Gasteiger partial charge in [-0.05, 0) is 56.0 Å². The van der Waals surface area contributed by atoms with Crippen molar-refractivity contribution < 1.29 is 23.1 Å².